The van der Waals surface area contributed by atoms with E-state index >= 15 is 0 Å². The van der Waals surface area contributed by atoms with E-state index in [0.29, 0.717) is 26.1 Å². The third-order valence-electron chi connectivity index (χ3n) is 4.45. The normalized spacial score (nSPS) is 24.0. The number of carboxylic acid groups (broad SMARTS) is 1. The third kappa shape index (κ3) is 3.99. The lowest BCUT2D eigenvalue weighted by molar-refractivity contribution is -0.141. The van der Waals surface area contributed by atoms with Gasteiger partial charge in [0.1, 0.15) is 0 Å². The molecule has 1 atom stereocenters. The molecule has 0 radical (unpaired) electrons. The average molecular weight is 310 g/mol. The van der Waals surface area contributed by atoms with Gasteiger partial charge in [-0.05, 0) is 18.3 Å². The van der Waals surface area contributed by atoms with Crippen LogP contribution in [-0.2, 0) is 14.4 Å². The van der Waals surface area contributed by atoms with Crippen LogP contribution in [0.3, 0.4) is 0 Å². The van der Waals surface area contributed by atoms with E-state index in [1.54, 1.807) is 4.90 Å². The van der Waals surface area contributed by atoms with Crippen molar-refractivity contribution in [2.45, 2.75) is 52.5 Å². The van der Waals surface area contributed by atoms with Crippen molar-refractivity contribution in [2.24, 2.45) is 11.3 Å². The van der Waals surface area contributed by atoms with Gasteiger partial charge in [0.2, 0.25) is 11.8 Å². The van der Waals surface area contributed by atoms with E-state index in [4.69, 9.17) is 5.11 Å². The first-order valence-corrected chi connectivity index (χ1v) is 7.97. The molecule has 0 aromatic rings. The Balaban J connectivity index is 1.86. The molecule has 1 N–H and O–H groups in total. The van der Waals surface area contributed by atoms with Crippen LogP contribution in [0.5, 0.6) is 0 Å². The number of carbonyl (C=O) groups is 3. The minimum Gasteiger partial charge on any atom is -0.481 e. The van der Waals surface area contributed by atoms with Crippen LogP contribution in [0.1, 0.15) is 46.5 Å². The summed E-state index contributed by atoms with van der Waals surface area (Å²) in [5, 5.41) is 9.04. The summed E-state index contributed by atoms with van der Waals surface area (Å²) in [5.41, 5.74) is -0.0203. The molecule has 2 amide bonds. The molecule has 0 aromatic heterocycles. The minimum absolute atomic E-state index is 0.0203. The molecule has 2 rings (SSSR count). The fourth-order valence-corrected chi connectivity index (χ4v) is 3.24. The van der Waals surface area contributed by atoms with Crippen molar-refractivity contribution in [3.63, 3.8) is 0 Å². The zero-order chi connectivity index (χ0) is 16.5. The second kappa shape index (κ2) is 6.26. The number of rotatable bonds is 3. The number of likely N-dealkylation sites (tertiary alicyclic amines) is 2. The molecule has 6 heteroatoms. The highest BCUT2D eigenvalue weighted by Gasteiger charge is 2.39. The molecule has 0 saturated carbocycles. The molecule has 124 valence electrons. The molecule has 2 saturated heterocycles. The molecular formula is C16H26N2O4. The summed E-state index contributed by atoms with van der Waals surface area (Å²) in [6, 6.07) is 0.0792. The molecule has 0 bridgehead atoms. The van der Waals surface area contributed by atoms with Crippen molar-refractivity contribution in [2.75, 3.05) is 19.6 Å². The summed E-state index contributed by atoms with van der Waals surface area (Å²) in [6.45, 7) is 7.77. The smallest absolute Gasteiger partial charge is 0.308 e. The SMILES string of the molecule is CC(C)(C)CC(=O)N1CCC(N2CC(C(=O)O)CC2=O)CC1. The molecule has 1 unspecified atom stereocenters. The summed E-state index contributed by atoms with van der Waals surface area (Å²) in [5.74, 6) is -1.37. The van der Waals surface area contributed by atoms with Gasteiger partial charge in [0.05, 0.1) is 5.92 Å². The highest BCUT2D eigenvalue weighted by molar-refractivity contribution is 5.86. The summed E-state index contributed by atoms with van der Waals surface area (Å²) < 4.78 is 0. The molecule has 0 aromatic carbocycles. The fraction of sp³-hybridized carbons (Fsp3) is 0.812. The van der Waals surface area contributed by atoms with Crippen LogP contribution in [0.25, 0.3) is 0 Å². The Kier molecular flexibility index (Phi) is 4.78. The van der Waals surface area contributed by atoms with Crippen LogP contribution in [0.15, 0.2) is 0 Å². The maximum absolute atomic E-state index is 12.2. The standard InChI is InChI=1S/C16H26N2O4/c1-16(2,3)9-14(20)17-6-4-12(5-7-17)18-10-11(15(21)22)8-13(18)19/h11-12H,4-10H2,1-3H3,(H,21,22). The number of amides is 2. The van der Waals surface area contributed by atoms with Crippen molar-refractivity contribution in [1.82, 2.24) is 9.80 Å². The van der Waals surface area contributed by atoms with Gasteiger partial charge in [-0.1, -0.05) is 20.8 Å². The van der Waals surface area contributed by atoms with E-state index in [-0.39, 0.29) is 29.7 Å². The lowest BCUT2D eigenvalue weighted by Gasteiger charge is -2.37. The van der Waals surface area contributed by atoms with Gasteiger partial charge in [0, 0.05) is 38.5 Å². The summed E-state index contributed by atoms with van der Waals surface area (Å²) >= 11 is 0. The Morgan fingerprint density at radius 3 is 2.27 bits per heavy atom. The van der Waals surface area contributed by atoms with E-state index in [1.165, 1.54) is 0 Å². The average Bonchev–Trinajstić information content (AvgIpc) is 2.79. The van der Waals surface area contributed by atoms with Crippen molar-refractivity contribution in [3.8, 4) is 0 Å². The maximum atomic E-state index is 12.2. The molecule has 0 spiro atoms. The quantitative estimate of drug-likeness (QED) is 0.853. The Hall–Kier alpha value is -1.59. The van der Waals surface area contributed by atoms with Crippen LogP contribution in [-0.4, -0.2) is 58.4 Å². The van der Waals surface area contributed by atoms with Crippen molar-refractivity contribution >= 4 is 17.8 Å². The Morgan fingerprint density at radius 2 is 1.82 bits per heavy atom. The number of hydrogen-bond acceptors (Lipinski definition) is 3. The number of nitrogens with zero attached hydrogens (tertiary/aromatic N) is 2. The highest BCUT2D eigenvalue weighted by Crippen LogP contribution is 2.27. The summed E-state index contributed by atoms with van der Waals surface area (Å²) in [4.78, 5) is 38.8. The third-order valence-corrected chi connectivity index (χ3v) is 4.45. The van der Waals surface area contributed by atoms with E-state index in [0.717, 1.165) is 12.8 Å². The van der Waals surface area contributed by atoms with Crippen LogP contribution in [0.4, 0.5) is 0 Å². The molecule has 22 heavy (non-hydrogen) atoms. The largest absolute Gasteiger partial charge is 0.481 e. The lowest BCUT2D eigenvalue weighted by Crippen LogP contribution is -2.47. The Labute approximate surface area is 131 Å². The zero-order valence-electron chi connectivity index (χ0n) is 13.7. The van der Waals surface area contributed by atoms with Gasteiger partial charge in [0.25, 0.3) is 0 Å². The number of aliphatic carboxylic acids is 1. The van der Waals surface area contributed by atoms with Gasteiger partial charge in [-0.2, -0.15) is 0 Å². The molecule has 2 fully saturated rings. The van der Waals surface area contributed by atoms with Gasteiger partial charge in [-0.15, -0.1) is 0 Å². The molecule has 6 nitrogen and oxygen atoms in total. The van der Waals surface area contributed by atoms with E-state index < -0.39 is 11.9 Å². The molecular weight excluding hydrogens is 284 g/mol. The van der Waals surface area contributed by atoms with Crippen molar-refractivity contribution in [3.05, 3.63) is 0 Å². The van der Waals surface area contributed by atoms with E-state index in [9.17, 15) is 14.4 Å². The van der Waals surface area contributed by atoms with Crippen LogP contribution < -0.4 is 0 Å². The lowest BCUT2D eigenvalue weighted by atomic mass is 9.91. The first-order valence-electron chi connectivity index (χ1n) is 7.97. The van der Waals surface area contributed by atoms with Crippen molar-refractivity contribution in [1.29, 1.82) is 0 Å². The second-order valence-corrected chi connectivity index (χ2v) is 7.63. The Morgan fingerprint density at radius 1 is 1.23 bits per heavy atom. The molecule has 0 aliphatic carbocycles. The minimum atomic E-state index is -0.895. The topological polar surface area (TPSA) is 77.9 Å². The van der Waals surface area contributed by atoms with Crippen LogP contribution in [0, 0.1) is 11.3 Å². The van der Waals surface area contributed by atoms with Gasteiger partial charge < -0.3 is 14.9 Å². The first-order chi connectivity index (χ1) is 10.2. The number of piperidine rings is 1. The molecule has 2 heterocycles. The highest BCUT2D eigenvalue weighted by atomic mass is 16.4. The predicted molar refractivity (Wildman–Crippen MR) is 81.1 cm³/mol. The molecule has 2 aliphatic heterocycles. The zero-order valence-corrected chi connectivity index (χ0v) is 13.7. The fourth-order valence-electron chi connectivity index (χ4n) is 3.24. The van der Waals surface area contributed by atoms with Crippen molar-refractivity contribution < 1.29 is 19.5 Å². The maximum Gasteiger partial charge on any atom is 0.308 e. The number of hydrogen-bond donors (Lipinski definition) is 1. The van der Waals surface area contributed by atoms with Gasteiger partial charge >= 0.3 is 5.97 Å². The van der Waals surface area contributed by atoms with Crippen LogP contribution >= 0.6 is 0 Å². The monoisotopic (exact) mass is 310 g/mol. The first kappa shape index (κ1) is 16.8. The summed E-state index contributed by atoms with van der Waals surface area (Å²) in [6.07, 6.45) is 2.13. The van der Waals surface area contributed by atoms with E-state index in [1.807, 2.05) is 25.7 Å². The van der Waals surface area contributed by atoms with Gasteiger partial charge in [-0.25, -0.2) is 0 Å². The van der Waals surface area contributed by atoms with Gasteiger partial charge in [0.15, 0.2) is 0 Å². The second-order valence-electron chi connectivity index (χ2n) is 7.63. The number of carbonyl (C=O) groups excluding carboxylic acids is 2. The summed E-state index contributed by atoms with van der Waals surface area (Å²) in [7, 11) is 0. The number of carboxylic acids is 1. The predicted octanol–water partition coefficient (Wildman–Crippen LogP) is 1.35. The van der Waals surface area contributed by atoms with E-state index in [2.05, 4.69) is 0 Å². The van der Waals surface area contributed by atoms with Gasteiger partial charge in [-0.3, -0.25) is 14.4 Å². The molecule has 2 aliphatic rings. The van der Waals surface area contributed by atoms with Crippen LogP contribution in [0.2, 0.25) is 0 Å². The Bertz CT molecular complexity index is 461.